The molecule has 7 nitrogen and oxygen atoms in total. The molecule has 2 aromatic rings. The number of carbonyl (C=O) groups is 1. The minimum atomic E-state index is -3.64. The van der Waals surface area contributed by atoms with Gasteiger partial charge in [0.15, 0.2) is 0 Å². The van der Waals surface area contributed by atoms with E-state index in [0.29, 0.717) is 17.2 Å². The molecule has 1 unspecified atom stereocenters. The summed E-state index contributed by atoms with van der Waals surface area (Å²) < 4.78 is 36.4. The molecule has 0 aliphatic heterocycles. The fourth-order valence-electron chi connectivity index (χ4n) is 3.17. The molecule has 158 valence electrons. The molecule has 0 radical (unpaired) electrons. The van der Waals surface area contributed by atoms with Crippen LogP contribution in [0.1, 0.15) is 29.7 Å². The van der Waals surface area contributed by atoms with Gasteiger partial charge < -0.3 is 14.8 Å². The molecule has 0 saturated heterocycles. The summed E-state index contributed by atoms with van der Waals surface area (Å²) >= 11 is 0. The second kappa shape index (κ2) is 9.17. The van der Waals surface area contributed by atoms with Crippen LogP contribution in [0.5, 0.6) is 11.5 Å². The van der Waals surface area contributed by atoms with E-state index in [4.69, 9.17) is 9.47 Å². The Kier molecular flexibility index (Phi) is 7.13. The molecule has 1 N–H and O–H groups in total. The lowest BCUT2D eigenvalue weighted by Gasteiger charge is -2.24. The van der Waals surface area contributed by atoms with Crippen molar-refractivity contribution in [3.8, 4) is 11.5 Å². The van der Waals surface area contributed by atoms with Gasteiger partial charge in [0.25, 0.3) is 0 Å². The van der Waals surface area contributed by atoms with E-state index in [-0.39, 0.29) is 6.54 Å². The molecule has 0 spiro atoms. The Morgan fingerprint density at radius 1 is 1.07 bits per heavy atom. The Bertz CT molecular complexity index is 968. The Balaban J connectivity index is 2.25. The Morgan fingerprint density at radius 3 is 2.21 bits per heavy atom. The summed E-state index contributed by atoms with van der Waals surface area (Å²) in [5, 5.41) is 2.84. The van der Waals surface area contributed by atoms with Crippen molar-refractivity contribution in [1.82, 2.24) is 5.32 Å². The first-order valence-corrected chi connectivity index (χ1v) is 11.0. The van der Waals surface area contributed by atoms with E-state index in [9.17, 15) is 13.2 Å². The van der Waals surface area contributed by atoms with Gasteiger partial charge >= 0.3 is 0 Å². The zero-order chi connectivity index (χ0) is 21.8. The minimum Gasteiger partial charge on any atom is -0.497 e. The van der Waals surface area contributed by atoms with E-state index < -0.39 is 22.0 Å². The van der Waals surface area contributed by atoms with Crippen LogP contribution < -0.4 is 19.1 Å². The lowest BCUT2D eigenvalue weighted by Crippen LogP contribution is -2.41. The zero-order valence-electron chi connectivity index (χ0n) is 17.6. The minimum absolute atomic E-state index is 0.321. The number of nitrogens with zero attached hydrogens (tertiary/aromatic N) is 1. The van der Waals surface area contributed by atoms with Gasteiger partial charge in [0.1, 0.15) is 18.0 Å². The largest absolute Gasteiger partial charge is 0.497 e. The number of sulfonamides is 1. The van der Waals surface area contributed by atoms with Gasteiger partial charge in [-0.1, -0.05) is 6.07 Å². The number of carbonyl (C=O) groups excluding carboxylic acids is 1. The molecule has 1 atom stereocenters. The molecule has 0 aliphatic rings. The van der Waals surface area contributed by atoms with Gasteiger partial charge in [-0.3, -0.25) is 9.10 Å². The molecular formula is C21H28N2O5S. The number of hydrogen-bond acceptors (Lipinski definition) is 5. The first-order valence-electron chi connectivity index (χ1n) is 9.12. The lowest BCUT2D eigenvalue weighted by molar-refractivity contribution is -0.120. The van der Waals surface area contributed by atoms with Crippen LogP contribution in [0.4, 0.5) is 5.69 Å². The third kappa shape index (κ3) is 5.87. The monoisotopic (exact) mass is 420 g/mol. The van der Waals surface area contributed by atoms with Crippen LogP contribution in [-0.4, -0.2) is 41.3 Å². The third-order valence-electron chi connectivity index (χ3n) is 4.46. The number of nitrogens with one attached hydrogen (secondary N) is 1. The fraction of sp³-hybridized carbons (Fsp3) is 0.381. The number of rotatable bonds is 8. The average molecular weight is 421 g/mol. The second-order valence-electron chi connectivity index (χ2n) is 7.01. The summed E-state index contributed by atoms with van der Waals surface area (Å²) in [5.74, 6) is 0.815. The Labute approximate surface area is 172 Å². The number of anilines is 1. The van der Waals surface area contributed by atoms with Crippen LogP contribution in [-0.2, 0) is 14.8 Å². The predicted octanol–water partition coefficient (Wildman–Crippen LogP) is 2.96. The SMILES string of the molecule is COc1ccc(OC)c(C(C)NC(=O)CN(c2cc(C)cc(C)c2)S(C)(=O)=O)c1. The van der Waals surface area contributed by atoms with Crippen LogP contribution in [0.25, 0.3) is 0 Å². The number of methoxy groups -OCH3 is 2. The van der Waals surface area contributed by atoms with Gasteiger partial charge in [-0.15, -0.1) is 0 Å². The maximum Gasteiger partial charge on any atom is 0.241 e. The maximum atomic E-state index is 12.7. The molecule has 0 heterocycles. The van der Waals surface area contributed by atoms with Gasteiger partial charge in [0, 0.05) is 5.56 Å². The Morgan fingerprint density at radius 2 is 1.69 bits per heavy atom. The van der Waals surface area contributed by atoms with Gasteiger partial charge in [-0.2, -0.15) is 0 Å². The maximum absolute atomic E-state index is 12.7. The highest BCUT2D eigenvalue weighted by Crippen LogP contribution is 2.29. The summed E-state index contributed by atoms with van der Waals surface area (Å²) in [4.78, 5) is 12.7. The Hall–Kier alpha value is -2.74. The van der Waals surface area contributed by atoms with Crippen molar-refractivity contribution in [3.05, 3.63) is 53.1 Å². The number of hydrogen-bond donors (Lipinski definition) is 1. The lowest BCUT2D eigenvalue weighted by atomic mass is 10.1. The summed E-state index contributed by atoms with van der Waals surface area (Å²) in [6.45, 7) is 5.25. The van der Waals surface area contributed by atoms with E-state index in [0.717, 1.165) is 27.3 Å². The van der Waals surface area contributed by atoms with Crippen LogP contribution in [0, 0.1) is 13.8 Å². The molecule has 0 saturated carbocycles. The summed E-state index contributed by atoms with van der Waals surface area (Å²) in [6.07, 6.45) is 1.09. The van der Waals surface area contributed by atoms with Crippen LogP contribution in [0.3, 0.4) is 0 Å². The number of benzene rings is 2. The van der Waals surface area contributed by atoms with Crippen molar-refractivity contribution in [2.75, 3.05) is 31.3 Å². The molecule has 29 heavy (non-hydrogen) atoms. The fourth-order valence-corrected chi connectivity index (χ4v) is 4.01. The van der Waals surface area contributed by atoms with E-state index in [1.54, 1.807) is 51.5 Å². The van der Waals surface area contributed by atoms with E-state index in [2.05, 4.69) is 5.32 Å². The van der Waals surface area contributed by atoms with Crippen LogP contribution in [0.2, 0.25) is 0 Å². The average Bonchev–Trinajstić information content (AvgIpc) is 2.63. The molecule has 0 bridgehead atoms. The zero-order valence-corrected chi connectivity index (χ0v) is 18.5. The van der Waals surface area contributed by atoms with Gasteiger partial charge in [0.05, 0.1) is 32.2 Å². The quantitative estimate of drug-likeness (QED) is 0.710. The van der Waals surface area contributed by atoms with Crippen molar-refractivity contribution in [3.63, 3.8) is 0 Å². The summed E-state index contributed by atoms with van der Waals surface area (Å²) in [6, 6.07) is 10.3. The standard InChI is InChI=1S/C21H28N2O5S/c1-14-9-15(2)11-17(10-14)23(29(6,25)26)13-21(24)22-16(3)19-12-18(27-4)7-8-20(19)28-5/h7-12,16H,13H2,1-6H3,(H,22,24). The van der Waals surface area contributed by atoms with Crippen LogP contribution >= 0.6 is 0 Å². The normalized spacial score (nSPS) is 12.2. The van der Waals surface area contributed by atoms with Crippen molar-refractivity contribution in [2.24, 2.45) is 0 Å². The molecule has 0 aromatic heterocycles. The van der Waals surface area contributed by atoms with Crippen molar-refractivity contribution < 1.29 is 22.7 Å². The molecule has 2 aromatic carbocycles. The predicted molar refractivity (Wildman–Crippen MR) is 114 cm³/mol. The van der Waals surface area contributed by atoms with Gasteiger partial charge in [0.2, 0.25) is 15.9 Å². The number of ether oxygens (including phenoxy) is 2. The first kappa shape index (κ1) is 22.5. The molecule has 0 aliphatic carbocycles. The van der Waals surface area contributed by atoms with Crippen LogP contribution in [0.15, 0.2) is 36.4 Å². The highest BCUT2D eigenvalue weighted by Gasteiger charge is 2.23. The van der Waals surface area contributed by atoms with Crippen molar-refractivity contribution in [1.29, 1.82) is 0 Å². The third-order valence-corrected chi connectivity index (χ3v) is 5.60. The summed E-state index contributed by atoms with van der Waals surface area (Å²) in [5.41, 5.74) is 3.04. The van der Waals surface area contributed by atoms with E-state index in [1.807, 2.05) is 19.9 Å². The highest BCUT2D eigenvalue weighted by atomic mass is 32.2. The second-order valence-corrected chi connectivity index (χ2v) is 8.92. The van der Waals surface area contributed by atoms with Crippen molar-refractivity contribution >= 4 is 21.6 Å². The molecule has 1 amide bonds. The van der Waals surface area contributed by atoms with Gasteiger partial charge in [-0.25, -0.2) is 8.42 Å². The topological polar surface area (TPSA) is 84.9 Å². The number of amides is 1. The smallest absolute Gasteiger partial charge is 0.241 e. The highest BCUT2D eigenvalue weighted by molar-refractivity contribution is 7.92. The molecule has 0 fully saturated rings. The molecule has 2 rings (SSSR count). The van der Waals surface area contributed by atoms with Gasteiger partial charge in [-0.05, 0) is 62.2 Å². The number of aryl methyl sites for hydroxylation is 2. The molecular weight excluding hydrogens is 392 g/mol. The van der Waals surface area contributed by atoms with E-state index >= 15 is 0 Å². The van der Waals surface area contributed by atoms with E-state index in [1.165, 1.54) is 0 Å². The first-order chi connectivity index (χ1) is 13.5. The van der Waals surface area contributed by atoms with Crippen molar-refractivity contribution in [2.45, 2.75) is 26.8 Å². The summed E-state index contributed by atoms with van der Waals surface area (Å²) in [7, 11) is -0.538. The molecule has 8 heteroatoms.